The van der Waals surface area contributed by atoms with Crippen LogP contribution in [0.2, 0.25) is 0 Å². The lowest BCUT2D eigenvalue weighted by molar-refractivity contribution is 0.0237. The maximum atomic E-state index is 5.99. The second kappa shape index (κ2) is 9.43. The van der Waals surface area contributed by atoms with E-state index in [9.17, 15) is 0 Å². The van der Waals surface area contributed by atoms with Crippen molar-refractivity contribution in [3.8, 4) is 17.1 Å². The van der Waals surface area contributed by atoms with Gasteiger partial charge in [0.25, 0.3) is 0 Å². The summed E-state index contributed by atoms with van der Waals surface area (Å²) in [6, 6.07) is 13.6. The fourth-order valence-corrected chi connectivity index (χ4v) is 5.49. The molecule has 0 spiro atoms. The number of ether oxygens (including phenoxy) is 2. The molecule has 0 radical (unpaired) electrons. The Morgan fingerprint density at radius 3 is 2.63 bits per heavy atom. The Hall–Kier alpha value is -3.23. The molecule has 182 valence electrons. The quantitative estimate of drug-likeness (QED) is 0.576. The highest BCUT2D eigenvalue weighted by molar-refractivity contribution is 5.66. The molecule has 3 aliphatic rings. The summed E-state index contributed by atoms with van der Waals surface area (Å²) < 4.78 is 11.4. The average molecular weight is 473 g/mol. The number of fused-ring (bicyclic) bond motifs is 2. The lowest BCUT2D eigenvalue weighted by Crippen LogP contribution is -2.44. The summed E-state index contributed by atoms with van der Waals surface area (Å²) in [5, 5.41) is 3.37. The topological polar surface area (TPSA) is 75.6 Å². The molecule has 3 aromatic rings. The molecule has 1 N–H and O–H groups in total. The number of hydrogen-bond acceptors (Lipinski definition) is 8. The molecule has 35 heavy (non-hydrogen) atoms. The Labute approximate surface area is 206 Å². The highest BCUT2D eigenvalue weighted by atomic mass is 16.5. The molecule has 2 aromatic heterocycles. The van der Waals surface area contributed by atoms with Gasteiger partial charge in [-0.3, -0.25) is 4.90 Å². The lowest BCUT2D eigenvalue weighted by atomic mass is 10.1. The van der Waals surface area contributed by atoms with E-state index in [0.717, 1.165) is 56.1 Å². The SMILES string of the molecule is Cc1cc(Nc2nccc(-c3ccc(OC4CCOCC4)nc3)n2)ccc1N1CC2CC1CN2C. The number of nitrogens with one attached hydrogen (secondary N) is 1. The Morgan fingerprint density at radius 1 is 1.03 bits per heavy atom. The van der Waals surface area contributed by atoms with E-state index in [0.29, 0.717) is 23.9 Å². The van der Waals surface area contributed by atoms with Crippen molar-refractivity contribution in [1.29, 1.82) is 0 Å². The van der Waals surface area contributed by atoms with E-state index in [1.807, 2.05) is 18.2 Å². The molecule has 0 aliphatic carbocycles. The fourth-order valence-electron chi connectivity index (χ4n) is 5.49. The third-order valence-corrected chi connectivity index (χ3v) is 7.42. The number of hydrogen-bond donors (Lipinski definition) is 1. The highest BCUT2D eigenvalue weighted by Crippen LogP contribution is 2.36. The minimum absolute atomic E-state index is 0.175. The second-order valence-corrected chi connectivity index (χ2v) is 9.84. The van der Waals surface area contributed by atoms with Gasteiger partial charge < -0.3 is 19.7 Å². The molecule has 2 bridgehead atoms. The fraction of sp³-hybridized carbons (Fsp3) is 0.444. The van der Waals surface area contributed by atoms with Crippen LogP contribution in [0.15, 0.2) is 48.8 Å². The summed E-state index contributed by atoms with van der Waals surface area (Å²) in [7, 11) is 2.24. The molecule has 2 unspecified atom stereocenters. The van der Waals surface area contributed by atoms with Gasteiger partial charge in [0.05, 0.1) is 18.9 Å². The maximum Gasteiger partial charge on any atom is 0.227 e. The van der Waals surface area contributed by atoms with Crippen LogP contribution < -0.4 is 15.0 Å². The molecule has 8 heteroatoms. The second-order valence-electron chi connectivity index (χ2n) is 9.84. The molecular formula is C27H32N6O2. The van der Waals surface area contributed by atoms with Gasteiger partial charge >= 0.3 is 0 Å². The van der Waals surface area contributed by atoms with Gasteiger partial charge in [0.2, 0.25) is 11.8 Å². The van der Waals surface area contributed by atoms with Gasteiger partial charge in [0, 0.05) is 73.4 Å². The molecule has 3 fully saturated rings. The predicted molar refractivity (Wildman–Crippen MR) is 136 cm³/mol. The van der Waals surface area contributed by atoms with Crippen molar-refractivity contribution in [1.82, 2.24) is 19.9 Å². The lowest BCUT2D eigenvalue weighted by Gasteiger charge is -2.34. The van der Waals surface area contributed by atoms with E-state index in [-0.39, 0.29) is 6.10 Å². The number of piperazine rings is 1. The number of rotatable bonds is 6. The van der Waals surface area contributed by atoms with Gasteiger partial charge in [-0.15, -0.1) is 0 Å². The molecule has 3 saturated heterocycles. The molecular weight excluding hydrogens is 440 g/mol. The van der Waals surface area contributed by atoms with Gasteiger partial charge in [-0.2, -0.15) is 0 Å². The highest BCUT2D eigenvalue weighted by Gasteiger charge is 2.41. The first-order valence-electron chi connectivity index (χ1n) is 12.5. The summed E-state index contributed by atoms with van der Waals surface area (Å²) >= 11 is 0. The summed E-state index contributed by atoms with van der Waals surface area (Å²) in [5.74, 6) is 1.21. The largest absolute Gasteiger partial charge is 0.474 e. The average Bonchev–Trinajstić information content (AvgIpc) is 3.45. The van der Waals surface area contributed by atoms with E-state index in [4.69, 9.17) is 14.5 Å². The first kappa shape index (κ1) is 22.2. The van der Waals surface area contributed by atoms with Crippen molar-refractivity contribution >= 4 is 17.3 Å². The summed E-state index contributed by atoms with van der Waals surface area (Å²) in [5.41, 5.74) is 5.34. The Bertz CT molecular complexity index is 1180. The van der Waals surface area contributed by atoms with Crippen molar-refractivity contribution in [3.05, 3.63) is 54.4 Å². The first-order chi connectivity index (χ1) is 17.1. The zero-order valence-electron chi connectivity index (χ0n) is 20.4. The zero-order chi connectivity index (χ0) is 23.8. The predicted octanol–water partition coefficient (Wildman–Crippen LogP) is 4.04. The molecule has 2 atom stereocenters. The van der Waals surface area contributed by atoms with Crippen LogP contribution in [0, 0.1) is 6.92 Å². The van der Waals surface area contributed by atoms with E-state index >= 15 is 0 Å². The molecule has 3 aliphatic heterocycles. The van der Waals surface area contributed by atoms with Gasteiger partial charge in [0.1, 0.15) is 6.10 Å². The number of pyridine rings is 1. The zero-order valence-corrected chi connectivity index (χ0v) is 20.4. The standard InChI is InChI=1S/C27H32N6O2/c1-18-13-20(4-5-25(18)33-17-21-14-22(33)16-32(21)2)30-27-28-10-7-24(31-27)19-3-6-26(29-15-19)35-23-8-11-34-12-9-23/h3-7,10,13,15,21-23H,8-9,11-12,14,16-17H2,1-2H3,(H,28,30,31). The number of benzene rings is 1. The first-order valence-corrected chi connectivity index (χ1v) is 12.5. The van der Waals surface area contributed by atoms with Gasteiger partial charge in [-0.05, 0) is 56.3 Å². The molecule has 1 aromatic carbocycles. The van der Waals surface area contributed by atoms with Crippen LogP contribution in [-0.2, 0) is 4.74 Å². The third-order valence-electron chi connectivity index (χ3n) is 7.42. The van der Waals surface area contributed by atoms with Crippen molar-refractivity contribution in [3.63, 3.8) is 0 Å². The van der Waals surface area contributed by atoms with E-state index in [1.165, 1.54) is 17.7 Å². The van der Waals surface area contributed by atoms with Crippen LogP contribution in [0.25, 0.3) is 11.3 Å². The van der Waals surface area contributed by atoms with E-state index < -0.39 is 0 Å². The van der Waals surface area contributed by atoms with Crippen molar-refractivity contribution in [2.45, 2.75) is 44.4 Å². The number of likely N-dealkylation sites (N-methyl/N-ethyl adjacent to an activating group) is 1. The monoisotopic (exact) mass is 472 g/mol. The van der Waals surface area contributed by atoms with Crippen LogP contribution >= 0.6 is 0 Å². The molecule has 8 nitrogen and oxygen atoms in total. The van der Waals surface area contributed by atoms with Gasteiger partial charge in [-0.25, -0.2) is 15.0 Å². The number of nitrogens with zero attached hydrogens (tertiary/aromatic N) is 5. The summed E-state index contributed by atoms with van der Waals surface area (Å²) in [6.07, 6.45) is 6.83. The minimum Gasteiger partial charge on any atom is -0.474 e. The number of aryl methyl sites for hydroxylation is 1. The Morgan fingerprint density at radius 2 is 1.91 bits per heavy atom. The van der Waals surface area contributed by atoms with Crippen molar-refractivity contribution in [2.75, 3.05) is 43.6 Å². The van der Waals surface area contributed by atoms with Crippen molar-refractivity contribution < 1.29 is 9.47 Å². The van der Waals surface area contributed by atoms with Crippen LogP contribution in [0.4, 0.5) is 17.3 Å². The third kappa shape index (κ3) is 4.68. The van der Waals surface area contributed by atoms with E-state index in [1.54, 1.807) is 12.4 Å². The van der Waals surface area contributed by atoms with Gasteiger partial charge in [0.15, 0.2) is 0 Å². The number of aromatic nitrogens is 3. The molecule has 0 amide bonds. The summed E-state index contributed by atoms with van der Waals surface area (Å²) in [6.45, 7) is 5.95. The van der Waals surface area contributed by atoms with Crippen molar-refractivity contribution in [2.24, 2.45) is 0 Å². The van der Waals surface area contributed by atoms with Crippen LogP contribution in [0.5, 0.6) is 5.88 Å². The molecule has 5 heterocycles. The van der Waals surface area contributed by atoms with Gasteiger partial charge in [-0.1, -0.05) is 0 Å². The Kier molecular flexibility index (Phi) is 6.00. The molecule has 0 saturated carbocycles. The van der Waals surface area contributed by atoms with Crippen LogP contribution in [0.3, 0.4) is 0 Å². The maximum absolute atomic E-state index is 5.99. The number of likely N-dealkylation sites (tertiary alicyclic amines) is 1. The normalized spacial score (nSPS) is 22.5. The Balaban J connectivity index is 1.13. The van der Waals surface area contributed by atoms with E-state index in [2.05, 4.69) is 57.3 Å². The summed E-state index contributed by atoms with van der Waals surface area (Å²) in [4.78, 5) is 18.7. The minimum atomic E-state index is 0.175. The smallest absolute Gasteiger partial charge is 0.227 e. The number of anilines is 3. The van der Waals surface area contributed by atoms with Crippen LogP contribution in [0.1, 0.15) is 24.8 Å². The van der Waals surface area contributed by atoms with Crippen LogP contribution in [-0.4, -0.2) is 71.4 Å². The molecule has 6 rings (SSSR count).